The first-order valence-electron chi connectivity index (χ1n) is 37.5. The van der Waals surface area contributed by atoms with Gasteiger partial charge in [0.2, 0.25) is 0 Å². The highest BCUT2D eigenvalue weighted by atomic mass is 16.6. The molecule has 0 rings (SSSR count). The molecule has 0 heterocycles. The second-order valence-corrected chi connectivity index (χ2v) is 25.6. The predicted molar refractivity (Wildman–Crippen MR) is 362 cm³/mol. The fraction of sp³-hybridized carbons (Fsp3) is 0.883. The summed E-state index contributed by atoms with van der Waals surface area (Å²) in [6.45, 7) is 6.70. The van der Waals surface area contributed by atoms with E-state index in [0.29, 0.717) is 19.3 Å². The lowest BCUT2D eigenvalue weighted by molar-refractivity contribution is -0.167. The summed E-state index contributed by atoms with van der Waals surface area (Å²) in [5, 5.41) is 0. The third kappa shape index (κ3) is 70.3. The quantitative estimate of drug-likeness (QED) is 0.0261. The van der Waals surface area contributed by atoms with Crippen molar-refractivity contribution in [1.29, 1.82) is 0 Å². The van der Waals surface area contributed by atoms with Gasteiger partial charge < -0.3 is 14.2 Å². The molecule has 83 heavy (non-hydrogen) atoms. The minimum Gasteiger partial charge on any atom is -0.462 e. The number of esters is 3. The molecule has 0 saturated heterocycles. The van der Waals surface area contributed by atoms with E-state index in [1.807, 2.05) is 0 Å². The third-order valence-electron chi connectivity index (χ3n) is 17.1. The lowest BCUT2D eigenvalue weighted by atomic mass is 10.0. The zero-order valence-corrected chi connectivity index (χ0v) is 56.2. The number of carbonyl (C=O) groups is 3. The number of rotatable bonds is 70. The van der Waals surface area contributed by atoms with E-state index in [0.717, 1.165) is 70.6 Å². The summed E-state index contributed by atoms with van der Waals surface area (Å²) < 4.78 is 17.0. The van der Waals surface area contributed by atoms with E-state index in [-0.39, 0.29) is 31.1 Å². The smallest absolute Gasteiger partial charge is 0.306 e. The zero-order chi connectivity index (χ0) is 59.9. The minimum atomic E-state index is -0.778. The average Bonchev–Trinajstić information content (AvgIpc) is 3.49. The first-order valence-corrected chi connectivity index (χ1v) is 37.5. The van der Waals surface area contributed by atoms with Crippen LogP contribution in [0.4, 0.5) is 0 Å². The summed E-state index contributed by atoms with van der Waals surface area (Å²) in [7, 11) is 0. The van der Waals surface area contributed by atoms with Gasteiger partial charge in [-0.25, -0.2) is 0 Å². The van der Waals surface area contributed by atoms with Gasteiger partial charge in [0.1, 0.15) is 13.2 Å². The van der Waals surface area contributed by atoms with Crippen LogP contribution >= 0.6 is 0 Å². The summed E-state index contributed by atoms with van der Waals surface area (Å²) in [5.41, 5.74) is 0. The summed E-state index contributed by atoms with van der Waals surface area (Å²) >= 11 is 0. The van der Waals surface area contributed by atoms with Crippen molar-refractivity contribution in [1.82, 2.24) is 0 Å². The first-order chi connectivity index (χ1) is 41.0. The van der Waals surface area contributed by atoms with Crippen molar-refractivity contribution in [3.8, 4) is 0 Å². The standard InChI is InChI=1S/C77H144O6/c1-4-7-10-13-16-19-22-25-28-30-32-34-35-36-37-38-39-40-41-43-44-46-49-52-55-58-61-64-67-70-76(79)82-73-74(72-81-75(78)69-66-63-60-57-54-51-48-27-24-21-18-15-12-9-6-3)83-77(80)71-68-65-62-59-56-53-50-47-45-42-33-31-29-26-23-20-17-14-11-8-5-2/h23,26-27,31,33,48,74H,4-22,24-25,28-30,32,34-47,49-73H2,1-3H3/b26-23-,33-31-,48-27-. The van der Waals surface area contributed by atoms with E-state index >= 15 is 0 Å². The molecule has 0 amide bonds. The Hall–Kier alpha value is -2.37. The van der Waals surface area contributed by atoms with Gasteiger partial charge in [-0.3, -0.25) is 14.4 Å². The Kier molecular flexibility index (Phi) is 70.0. The van der Waals surface area contributed by atoms with Crippen molar-refractivity contribution in [2.24, 2.45) is 0 Å². The first kappa shape index (κ1) is 80.6. The molecule has 0 aliphatic rings. The van der Waals surface area contributed by atoms with Crippen molar-refractivity contribution in [2.75, 3.05) is 13.2 Å². The summed E-state index contributed by atoms with van der Waals surface area (Å²) in [6.07, 6.45) is 90.5. The molecule has 6 heteroatoms. The van der Waals surface area contributed by atoms with Gasteiger partial charge in [-0.05, 0) is 77.0 Å². The molecule has 1 unspecified atom stereocenters. The Morgan fingerprint density at radius 2 is 0.434 bits per heavy atom. The molecule has 6 nitrogen and oxygen atoms in total. The number of allylic oxidation sites excluding steroid dienone is 6. The second-order valence-electron chi connectivity index (χ2n) is 25.6. The maximum Gasteiger partial charge on any atom is 0.306 e. The van der Waals surface area contributed by atoms with Crippen molar-refractivity contribution < 1.29 is 28.6 Å². The second kappa shape index (κ2) is 72.1. The molecule has 0 aromatic heterocycles. The van der Waals surface area contributed by atoms with Crippen LogP contribution < -0.4 is 0 Å². The SMILES string of the molecule is CCCCCCC/C=C\C/C=C\CCCCCCCCCCCC(=O)OC(COC(=O)CCCCCCC/C=C\CCCCCCCC)COC(=O)CCCCCCCCCCCCCCCCCCCCCCCCCCCCCCC. The van der Waals surface area contributed by atoms with E-state index < -0.39 is 6.10 Å². The summed E-state index contributed by atoms with van der Waals surface area (Å²) in [6, 6.07) is 0. The topological polar surface area (TPSA) is 78.9 Å². The van der Waals surface area contributed by atoms with Crippen molar-refractivity contribution in [3.05, 3.63) is 36.5 Å². The van der Waals surface area contributed by atoms with Crippen LogP contribution in [0.5, 0.6) is 0 Å². The van der Waals surface area contributed by atoms with Gasteiger partial charge in [0.25, 0.3) is 0 Å². The molecular formula is C77H144O6. The maximum absolute atomic E-state index is 13.0. The fourth-order valence-corrected chi connectivity index (χ4v) is 11.5. The van der Waals surface area contributed by atoms with Crippen molar-refractivity contribution >= 4 is 17.9 Å². The van der Waals surface area contributed by atoms with E-state index in [2.05, 4.69) is 57.2 Å². The molecule has 0 spiro atoms. The monoisotopic (exact) mass is 1170 g/mol. The lowest BCUT2D eigenvalue weighted by Gasteiger charge is -2.18. The highest BCUT2D eigenvalue weighted by Crippen LogP contribution is 2.19. The molecule has 0 aliphatic heterocycles. The highest BCUT2D eigenvalue weighted by molar-refractivity contribution is 5.71. The molecule has 0 aromatic rings. The largest absolute Gasteiger partial charge is 0.462 e. The Balaban J connectivity index is 4.22. The van der Waals surface area contributed by atoms with E-state index in [9.17, 15) is 14.4 Å². The normalized spacial score (nSPS) is 12.2. The van der Waals surface area contributed by atoms with E-state index in [4.69, 9.17) is 14.2 Å². The molecule has 0 aliphatic carbocycles. The number of hydrogen-bond donors (Lipinski definition) is 0. The van der Waals surface area contributed by atoms with Crippen LogP contribution in [-0.2, 0) is 28.6 Å². The zero-order valence-electron chi connectivity index (χ0n) is 56.2. The van der Waals surface area contributed by atoms with Gasteiger partial charge in [0, 0.05) is 19.3 Å². The average molecular weight is 1170 g/mol. The maximum atomic E-state index is 13.0. The number of hydrogen-bond acceptors (Lipinski definition) is 6. The Bertz CT molecular complexity index is 1380. The van der Waals surface area contributed by atoms with Crippen LogP contribution in [0.25, 0.3) is 0 Å². The third-order valence-corrected chi connectivity index (χ3v) is 17.1. The minimum absolute atomic E-state index is 0.0717. The highest BCUT2D eigenvalue weighted by Gasteiger charge is 2.20. The lowest BCUT2D eigenvalue weighted by Crippen LogP contribution is -2.30. The van der Waals surface area contributed by atoms with Crippen LogP contribution in [0.15, 0.2) is 36.5 Å². The van der Waals surface area contributed by atoms with Crippen LogP contribution in [0.1, 0.15) is 419 Å². The van der Waals surface area contributed by atoms with Gasteiger partial charge in [-0.15, -0.1) is 0 Å². The molecule has 0 radical (unpaired) electrons. The Labute approximate surface area is 518 Å². The van der Waals surface area contributed by atoms with Crippen LogP contribution in [0.2, 0.25) is 0 Å². The van der Waals surface area contributed by atoms with E-state index in [1.165, 1.54) is 308 Å². The number of ether oxygens (including phenoxy) is 3. The number of unbranched alkanes of at least 4 members (excludes halogenated alkanes) is 53. The molecule has 0 aromatic carbocycles. The summed E-state index contributed by atoms with van der Waals surface area (Å²) in [5.74, 6) is -0.854. The molecule has 0 N–H and O–H groups in total. The fourth-order valence-electron chi connectivity index (χ4n) is 11.5. The van der Waals surface area contributed by atoms with Crippen molar-refractivity contribution in [2.45, 2.75) is 425 Å². The molecular weight excluding hydrogens is 1020 g/mol. The van der Waals surface area contributed by atoms with E-state index in [1.54, 1.807) is 0 Å². The molecule has 1 atom stereocenters. The van der Waals surface area contributed by atoms with Crippen LogP contribution in [-0.4, -0.2) is 37.2 Å². The van der Waals surface area contributed by atoms with Gasteiger partial charge >= 0.3 is 17.9 Å². The molecule has 0 bridgehead atoms. The molecule has 0 fully saturated rings. The number of carbonyl (C=O) groups excluding carboxylic acids is 3. The van der Waals surface area contributed by atoms with Gasteiger partial charge in [0.15, 0.2) is 6.10 Å². The Morgan fingerprint density at radius 3 is 0.675 bits per heavy atom. The predicted octanol–water partition coefficient (Wildman–Crippen LogP) is 25.9. The summed E-state index contributed by atoms with van der Waals surface area (Å²) in [4.78, 5) is 38.5. The van der Waals surface area contributed by atoms with Crippen molar-refractivity contribution in [3.63, 3.8) is 0 Å². The molecule has 488 valence electrons. The van der Waals surface area contributed by atoms with Gasteiger partial charge in [-0.2, -0.15) is 0 Å². The van der Waals surface area contributed by atoms with Crippen LogP contribution in [0.3, 0.4) is 0 Å². The Morgan fingerprint density at radius 1 is 0.241 bits per heavy atom. The molecule has 0 saturated carbocycles. The van der Waals surface area contributed by atoms with Crippen LogP contribution in [0, 0.1) is 0 Å². The van der Waals surface area contributed by atoms with Gasteiger partial charge in [-0.1, -0.05) is 359 Å². The van der Waals surface area contributed by atoms with Gasteiger partial charge in [0.05, 0.1) is 0 Å².